The molecule has 0 N–H and O–H groups in total. The number of carbonyl (C=O) groups is 1. The van der Waals surface area contributed by atoms with Gasteiger partial charge in [-0.25, -0.2) is 0 Å². The van der Waals surface area contributed by atoms with Crippen LogP contribution in [0, 0.1) is 6.92 Å². The Bertz CT molecular complexity index is 664. The van der Waals surface area contributed by atoms with Crippen molar-refractivity contribution in [2.75, 3.05) is 13.2 Å². The molecule has 0 saturated heterocycles. The van der Waals surface area contributed by atoms with Crippen molar-refractivity contribution in [3.05, 3.63) is 29.3 Å². The summed E-state index contributed by atoms with van der Waals surface area (Å²) in [7, 11) is -3.61. The number of aryl methyl sites for hydroxylation is 1. The van der Waals surface area contributed by atoms with E-state index < -0.39 is 19.2 Å². The van der Waals surface area contributed by atoms with E-state index >= 15 is 0 Å². The van der Waals surface area contributed by atoms with Crippen molar-refractivity contribution in [2.45, 2.75) is 85.2 Å². The van der Waals surface area contributed by atoms with Gasteiger partial charge in [-0.15, -0.1) is 0 Å². The Morgan fingerprint density at radius 3 is 2.07 bits per heavy atom. The normalized spacial score (nSPS) is 13.4. The molecule has 0 bridgehead atoms. The lowest BCUT2D eigenvalue weighted by molar-refractivity contribution is -0.134. The van der Waals surface area contributed by atoms with Gasteiger partial charge in [0, 0.05) is 5.56 Å². The summed E-state index contributed by atoms with van der Waals surface area (Å²) in [5.74, 6) is -0.0922. The van der Waals surface area contributed by atoms with Gasteiger partial charge in [-0.1, -0.05) is 59.6 Å². The average Bonchev–Trinajstić information content (AvgIpc) is 2.60. The highest BCUT2D eigenvalue weighted by atomic mass is 31.2. The zero-order chi connectivity index (χ0) is 21.4. The van der Waals surface area contributed by atoms with Crippen LogP contribution in [0.1, 0.15) is 78.4 Å². The molecular formula is C22H37O5P. The Hall–Kier alpha value is -1.16. The van der Waals surface area contributed by atoms with Crippen molar-refractivity contribution in [1.82, 2.24) is 0 Å². The number of carbonyl (C=O) groups excluding carboxylic acids is 1. The summed E-state index contributed by atoms with van der Waals surface area (Å²) in [4.78, 5) is 12.9. The standard InChI is InChI=1S/C22H37O5P/c1-8-10-14-25-28(24,26-15-11-9-2)18(4)21(23)27-20-16-17(3)12-13-19(20)22(5,6)7/h12-13,16,18H,8-11,14-15H2,1-7H3. The fourth-order valence-corrected chi connectivity index (χ4v) is 4.19. The molecular weight excluding hydrogens is 375 g/mol. The number of unbranched alkanes of at least 4 members (excludes halogenated alkanes) is 2. The number of hydrogen-bond acceptors (Lipinski definition) is 5. The molecule has 1 rings (SSSR count). The fourth-order valence-electron chi connectivity index (χ4n) is 2.59. The number of esters is 1. The predicted octanol–water partition coefficient (Wildman–Crippen LogP) is 6.41. The van der Waals surface area contributed by atoms with E-state index in [2.05, 4.69) is 20.8 Å². The van der Waals surface area contributed by atoms with Crippen LogP contribution in [0.25, 0.3) is 0 Å². The molecule has 6 heteroatoms. The van der Waals surface area contributed by atoms with Crippen LogP contribution in [0.2, 0.25) is 0 Å². The van der Waals surface area contributed by atoms with Crippen molar-refractivity contribution in [2.24, 2.45) is 0 Å². The van der Waals surface area contributed by atoms with Crippen LogP contribution in [-0.2, 0) is 23.8 Å². The maximum absolute atomic E-state index is 13.3. The first-order valence-electron chi connectivity index (χ1n) is 10.3. The van der Waals surface area contributed by atoms with Gasteiger partial charge >= 0.3 is 13.6 Å². The maximum Gasteiger partial charge on any atom is 0.344 e. The molecule has 160 valence electrons. The molecule has 5 nitrogen and oxygen atoms in total. The van der Waals surface area contributed by atoms with E-state index in [1.54, 1.807) is 6.92 Å². The SMILES string of the molecule is CCCCOP(=O)(OCCCC)C(C)C(=O)Oc1cc(C)ccc1C(C)(C)C. The van der Waals surface area contributed by atoms with E-state index in [1.165, 1.54) is 0 Å². The van der Waals surface area contributed by atoms with Gasteiger partial charge < -0.3 is 13.8 Å². The molecule has 0 amide bonds. The molecule has 0 aliphatic heterocycles. The van der Waals surface area contributed by atoms with Crippen LogP contribution >= 0.6 is 7.60 Å². The van der Waals surface area contributed by atoms with Crippen molar-refractivity contribution in [1.29, 1.82) is 0 Å². The van der Waals surface area contributed by atoms with E-state index in [0.717, 1.165) is 36.8 Å². The first kappa shape index (κ1) is 24.9. The molecule has 0 fully saturated rings. The predicted molar refractivity (Wildman–Crippen MR) is 114 cm³/mol. The molecule has 0 aliphatic carbocycles. The topological polar surface area (TPSA) is 61.8 Å². The largest absolute Gasteiger partial charge is 0.426 e. The third kappa shape index (κ3) is 7.35. The van der Waals surface area contributed by atoms with Gasteiger partial charge in [0.05, 0.1) is 13.2 Å². The second kappa shape index (κ2) is 11.1. The van der Waals surface area contributed by atoms with Crippen molar-refractivity contribution >= 4 is 13.6 Å². The highest BCUT2D eigenvalue weighted by Crippen LogP contribution is 2.53. The van der Waals surface area contributed by atoms with Gasteiger partial charge in [-0.05, 0) is 43.7 Å². The number of benzene rings is 1. The maximum atomic E-state index is 13.3. The fraction of sp³-hybridized carbons (Fsp3) is 0.682. The lowest BCUT2D eigenvalue weighted by Gasteiger charge is -2.25. The first-order chi connectivity index (χ1) is 13.0. The van der Waals surface area contributed by atoms with Crippen LogP contribution in [0.4, 0.5) is 0 Å². The van der Waals surface area contributed by atoms with Crippen molar-refractivity contribution in [3.63, 3.8) is 0 Å². The number of hydrogen-bond donors (Lipinski definition) is 0. The minimum Gasteiger partial charge on any atom is -0.426 e. The monoisotopic (exact) mass is 412 g/mol. The summed E-state index contributed by atoms with van der Waals surface area (Å²) in [5.41, 5.74) is 0.734. The van der Waals surface area contributed by atoms with E-state index in [9.17, 15) is 9.36 Å². The zero-order valence-corrected chi connectivity index (χ0v) is 19.4. The molecule has 0 aliphatic rings. The summed E-state index contributed by atoms with van der Waals surface area (Å²) >= 11 is 0. The van der Waals surface area contributed by atoms with Gasteiger partial charge in [0.25, 0.3) is 0 Å². The molecule has 0 saturated carbocycles. The highest BCUT2D eigenvalue weighted by molar-refractivity contribution is 7.55. The molecule has 0 heterocycles. The molecule has 0 aromatic heterocycles. The molecule has 0 radical (unpaired) electrons. The van der Waals surface area contributed by atoms with Crippen LogP contribution in [0.15, 0.2) is 18.2 Å². The molecule has 1 unspecified atom stereocenters. The third-order valence-corrected chi connectivity index (χ3v) is 6.75. The Morgan fingerprint density at radius 2 is 1.61 bits per heavy atom. The quantitative estimate of drug-likeness (QED) is 0.182. The molecule has 1 atom stereocenters. The molecule has 1 aromatic carbocycles. The molecule has 28 heavy (non-hydrogen) atoms. The van der Waals surface area contributed by atoms with Gasteiger partial charge in [0.1, 0.15) is 5.75 Å². The average molecular weight is 413 g/mol. The second-order valence-electron chi connectivity index (χ2n) is 8.26. The van der Waals surface area contributed by atoms with E-state index in [4.69, 9.17) is 13.8 Å². The van der Waals surface area contributed by atoms with Crippen LogP contribution in [-0.4, -0.2) is 24.8 Å². The lowest BCUT2D eigenvalue weighted by Crippen LogP contribution is -2.27. The van der Waals surface area contributed by atoms with Crippen LogP contribution in [0.3, 0.4) is 0 Å². The molecule has 1 aromatic rings. The Balaban J connectivity index is 3.04. The van der Waals surface area contributed by atoms with Gasteiger partial charge in [0.15, 0.2) is 5.66 Å². The lowest BCUT2D eigenvalue weighted by atomic mass is 9.86. The first-order valence-corrected chi connectivity index (χ1v) is 11.9. The minimum absolute atomic E-state index is 0.189. The number of rotatable bonds is 11. The van der Waals surface area contributed by atoms with E-state index in [1.807, 2.05) is 39.0 Å². The van der Waals surface area contributed by atoms with E-state index in [-0.39, 0.29) is 5.41 Å². The Labute approximate surface area is 170 Å². The second-order valence-corrected chi connectivity index (χ2v) is 10.6. The summed E-state index contributed by atoms with van der Waals surface area (Å²) in [6, 6.07) is 5.80. The zero-order valence-electron chi connectivity index (χ0n) is 18.5. The Kier molecular flexibility index (Phi) is 9.89. The summed E-state index contributed by atoms with van der Waals surface area (Å²) in [6.45, 7) is 14.3. The Morgan fingerprint density at radius 1 is 1.07 bits per heavy atom. The van der Waals surface area contributed by atoms with Crippen LogP contribution in [0.5, 0.6) is 5.75 Å². The van der Waals surface area contributed by atoms with Crippen molar-refractivity contribution < 1.29 is 23.1 Å². The highest BCUT2D eigenvalue weighted by Gasteiger charge is 2.39. The smallest absolute Gasteiger partial charge is 0.344 e. The summed E-state index contributed by atoms with van der Waals surface area (Å²) in [5, 5.41) is 0. The number of ether oxygens (including phenoxy) is 1. The molecule has 0 spiro atoms. The van der Waals surface area contributed by atoms with Gasteiger partial charge in [-0.3, -0.25) is 9.36 Å². The summed E-state index contributed by atoms with van der Waals surface area (Å²) in [6.07, 6.45) is 3.34. The summed E-state index contributed by atoms with van der Waals surface area (Å²) < 4.78 is 30.2. The van der Waals surface area contributed by atoms with E-state index in [0.29, 0.717) is 19.0 Å². The third-order valence-electron chi connectivity index (χ3n) is 4.51. The van der Waals surface area contributed by atoms with Gasteiger partial charge in [-0.2, -0.15) is 0 Å². The minimum atomic E-state index is -3.61. The van der Waals surface area contributed by atoms with Crippen LogP contribution < -0.4 is 4.74 Å². The van der Waals surface area contributed by atoms with Crippen molar-refractivity contribution in [3.8, 4) is 5.75 Å². The van der Waals surface area contributed by atoms with Gasteiger partial charge in [0.2, 0.25) is 0 Å².